The van der Waals surface area contributed by atoms with Gasteiger partial charge in [0.15, 0.2) is 15.9 Å². The summed E-state index contributed by atoms with van der Waals surface area (Å²) in [7, 11) is 0. The van der Waals surface area contributed by atoms with Crippen molar-refractivity contribution in [2.75, 3.05) is 5.32 Å². The van der Waals surface area contributed by atoms with Gasteiger partial charge in [-0.05, 0) is 66.4 Å². The van der Waals surface area contributed by atoms with Crippen molar-refractivity contribution in [2.24, 2.45) is 0 Å². The minimum Gasteiger partial charge on any atom is -0.471 e. The number of benzene rings is 2. The highest BCUT2D eigenvalue weighted by molar-refractivity contribution is 9.09. The molecule has 4 rings (SSSR count). The molecule has 0 aliphatic carbocycles. The van der Waals surface area contributed by atoms with Gasteiger partial charge in [0.05, 0.1) is 5.69 Å². The van der Waals surface area contributed by atoms with Crippen LogP contribution in [0.1, 0.15) is 67.1 Å². The second-order valence-corrected chi connectivity index (χ2v) is 11.4. The number of aromatic nitrogens is 2. The number of ether oxygens (including phenoxy) is 2. The number of carbonyl (C=O) groups is 2. The van der Waals surface area contributed by atoms with Gasteiger partial charge in [0, 0.05) is 24.9 Å². The first-order valence-corrected chi connectivity index (χ1v) is 13.0. The second-order valence-electron chi connectivity index (χ2n) is 9.78. The van der Waals surface area contributed by atoms with E-state index in [1.165, 1.54) is 0 Å². The molecule has 1 aromatic heterocycles. The van der Waals surface area contributed by atoms with Gasteiger partial charge in [-0.1, -0.05) is 48.9 Å². The van der Waals surface area contributed by atoms with E-state index in [-0.39, 0.29) is 5.15 Å². The number of amides is 1. The Hall–Kier alpha value is -2.84. The Bertz CT molecular complexity index is 1300. The van der Waals surface area contributed by atoms with Crippen molar-refractivity contribution < 1.29 is 19.1 Å². The predicted molar refractivity (Wildman–Crippen MR) is 143 cm³/mol. The topological polar surface area (TPSA) is 82.5 Å². The quantitative estimate of drug-likeness (QED) is 0.246. The lowest BCUT2D eigenvalue weighted by Gasteiger charge is -2.26. The van der Waals surface area contributed by atoms with Gasteiger partial charge in [0.2, 0.25) is 0 Å². The molecule has 1 amide bonds. The van der Waals surface area contributed by atoms with Crippen LogP contribution in [0.3, 0.4) is 0 Å². The maximum atomic E-state index is 12.4. The fourth-order valence-corrected chi connectivity index (χ4v) is 5.34. The molecule has 0 saturated heterocycles. The fraction of sp³-hybridized carbons (Fsp3) is 0.370. The van der Waals surface area contributed by atoms with Crippen molar-refractivity contribution in [3.05, 3.63) is 75.8 Å². The number of nitrogens with one attached hydrogen (secondary N) is 1. The van der Waals surface area contributed by atoms with Crippen molar-refractivity contribution in [3.8, 4) is 5.75 Å². The predicted octanol–water partition coefficient (Wildman–Crippen LogP) is 6.88. The van der Waals surface area contributed by atoms with Crippen molar-refractivity contribution >= 4 is 45.6 Å². The van der Waals surface area contributed by atoms with E-state index in [0.717, 1.165) is 47.4 Å². The fourth-order valence-electron chi connectivity index (χ4n) is 4.27. The molecule has 36 heavy (non-hydrogen) atoms. The Labute approximate surface area is 224 Å². The largest absolute Gasteiger partial charge is 0.471 e. The Morgan fingerprint density at radius 3 is 2.75 bits per heavy atom. The van der Waals surface area contributed by atoms with E-state index >= 15 is 0 Å². The molecule has 1 N–H and O–H groups in total. The van der Waals surface area contributed by atoms with Crippen LogP contribution in [0.25, 0.3) is 0 Å². The van der Waals surface area contributed by atoms with Crippen LogP contribution in [0.2, 0.25) is 5.15 Å². The number of fused-ring (bicyclic) bond motifs is 1. The van der Waals surface area contributed by atoms with Gasteiger partial charge >= 0.3 is 6.09 Å². The molecule has 0 bridgehead atoms. The number of halogens is 2. The molecule has 0 spiro atoms. The molecule has 0 radical (unpaired) electrons. The first kappa shape index (κ1) is 26.2. The maximum absolute atomic E-state index is 12.4. The summed E-state index contributed by atoms with van der Waals surface area (Å²) in [5.74, 6) is 1.54. The van der Waals surface area contributed by atoms with Gasteiger partial charge < -0.3 is 14.0 Å². The average Bonchev–Trinajstić information content (AvgIpc) is 3.28. The summed E-state index contributed by atoms with van der Waals surface area (Å²) in [4.78, 5) is 28.5. The average molecular weight is 575 g/mol. The molecule has 0 saturated carbocycles. The van der Waals surface area contributed by atoms with E-state index in [0.29, 0.717) is 24.3 Å². The lowest BCUT2D eigenvalue weighted by molar-refractivity contribution is 0.0635. The van der Waals surface area contributed by atoms with Gasteiger partial charge in [-0.15, -0.1) is 0 Å². The summed E-state index contributed by atoms with van der Waals surface area (Å²) in [6.07, 6.45) is 2.39. The number of nitrogens with zero attached hydrogens (tertiary/aromatic N) is 2. The van der Waals surface area contributed by atoms with Gasteiger partial charge in [0.25, 0.3) is 0 Å². The lowest BCUT2D eigenvalue weighted by Crippen LogP contribution is -2.29. The molecule has 1 aliphatic rings. The van der Waals surface area contributed by atoms with Crippen LogP contribution in [0.15, 0.2) is 42.5 Å². The third kappa shape index (κ3) is 5.60. The SMILES string of the molecule is CCCc1nc(Cl)c(C=O)n1Cc1ccc2c(c1)CC(Br)(c1ccccc1NC(=O)OC(C)(C)C)O2. The normalized spacial score (nSPS) is 16.8. The Kier molecular flexibility index (Phi) is 7.48. The number of aryl methyl sites for hydroxylation is 1. The summed E-state index contributed by atoms with van der Waals surface area (Å²) in [6.45, 7) is 7.99. The highest BCUT2D eigenvalue weighted by Crippen LogP contribution is 2.48. The van der Waals surface area contributed by atoms with E-state index < -0.39 is 16.2 Å². The summed E-state index contributed by atoms with van der Waals surface area (Å²) < 4.78 is 12.8. The number of carbonyl (C=O) groups excluding carboxylic acids is 2. The summed E-state index contributed by atoms with van der Waals surface area (Å²) in [5.41, 5.74) is 3.17. The monoisotopic (exact) mass is 573 g/mol. The zero-order chi connectivity index (χ0) is 26.1. The lowest BCUT2D eigenvalue weighted by atomic mass is 10.0. The van der Waals surface area contributed by atoms with Crippen molar-refractivity contribution in [2.45, 2.75) is 63.6 Å². The number of alkyl halides is 1. The summed E-state index contributed by atoms with van der Waals surface area (Å²) in [5, 5.41) is 3.07. The Balaban J connectivity index is 1.59. The molecule has 190 valence electrons. The van der Waals surface area contributed by atoms with Crippen LogP contribution in [-0.4, -0.2) is 27.5 Å². The highest BCUT2D eigenvalue weighted by Gasteiger charge is 2.40. The van der Waals surface area contributed by atoms with Gasteiger partial charge in [0.1, 0.15) is 22.9 Å². The minimum absolute atomic E-state index is 0.228. The summed E-state index contributed by atoms with van der Waals surface area (Å²) in [6, 6.07) is 13.4. The van der Waals surface area contributed by atoms with Crippen LogP contribution in [0.5, 0.6) is 5.75 Å². The molecular weight excluding hydrogens is 546 g/mol. The van der Waals surface area contributed by atoms with Crippen LogP contribution in [-0.2, 0) is 28.6 Å². The van der Waals surface area contributed by atoms with Gasteiger partial charge in [-0.25, -0.2) is 9.78 Å². The molecule has 1 atom stereocenters. The standard InChI is InChI=1S/C27H29BrClN3O4/c1-5-8-23-31-24(29)21(16-33)32(23)15-17-11-12-22-18(13-17)14-27(28,35-22)19-9-6-7-10-20(19)30-25(34)36-26(2,3)4/h6-7,9-13,16H,5,8,14-15H2,1-4H3,(H,30,34). The van der Waals surface area contributed by atoms with E-state index in [4.69, 9.17) is 21.1 Å². The number of anilines is 1. The molecule has 9 heteroatoms. The van der Waals surface area contributed by atoms with Gasteiger partial charge in [-0.3, -0.25) is 10.1 Å². The van der Waals surface area contributed by atoms with Gasteiger partial charge in [-0.2, -0.15) is 0 Å². The van der Waals surface area contributed by atoms with Crippen LogP contribution < -0.4 is 10.1 Å². The van der Waals surface area contributed by atoms with Crippen molar-refractivity contribution in [1.29, 1.82) is 0 Å². The van der Waals surface area contributed by atoms with E-state index in [9.17, 15) is 9.59 Å². The molecule has 3 aromatic rings. The number of hydrogen-bond donors (Lipinski definition) is 1. The third-order valence-corrected chi connectivity index (χ3v) is 6.89. The molecule has 2 aromatic carbocycles. The number of rotatable bonds is 7. The number of imidazole rings is 1. The first-order chi connectivity index (χ1) is 17.0. The summed E-state index contributed by atoms with van der Waals surface area (Å²) >= 11 is 10.0. The Morgan fingerprint density at radius 2 is 2.06 bits per heavy atom. The minimum atomic E-state index is -0.862. The smallest absolute Gasteiger partial charge is 0.412 e. The number of para-hydroxylation sites is 1. The number of hydrogen-bond acceptors (Lipinski definition) is 5. The van der Waals surface area contributed by atoms with Crippen LogP contribution >= 0.6 is 27.5 Å². The highest BCUT2D eigenvalue weighted by atomic mass is 79.9. The molecular formula is C27H29BrClN3O4. The Morgan fingerprint density at radius 1 is 1.31 bits per heavy atom. The zero-order valence-electron chi connectivity index (χ0n) is 20.7. The van der Waals surface area contributed by atoms with E-state index in [1.807, 2.05) is 61.7 Å². The van der Waals surface area contributed by atoms with Crippen molar-refractivity contribution in [1.82, 2.24) is 9.55 Å². The van der Waals surface area contributed by atoms with E-state index in [1.54, 1.807) is 0 Å². The number of aldehydes is 1. The van der Waals surface area contributed by atoms with Crippen molar-refractivity contribution in [3.63, 3.8) is 0 Å². The van der Waals surface area contributed by atoms with E-state index in [2.05, 4.69) is 39.2 Å². The third-order valence-electron chi connectivity index (χ3n) is 5.75. The molecule has 1 aliphatic heterocycles. The van der Waals surface area contributed by atoms with Crippen LogP contribution in [0, 0.1) is 0 Å². The second kappa shape index (κ2) is 10.3. The molecule has 7 nitrogen and oxygen atoms in total. The zero-order valence-corrected chi connectivity index (χ0v) is 23.1. The molecule has 1 unspecified atom stereocenters. The molecule has 2 heterocycles. The maximum Gasteiger partial charge on any atom is 0.412 e. The molecule has 0 fully saturated rings. The first-order valence-electron chi connectivity index (χ1n) is 11.8. The van der Waals surface area contributed by atoms with Crippen LogP contribution in [0.4, 0.5) is 10.5 Å².